The van der Waals surface area contributed by atoms with Crippen molar-refractivity contribution in [2.75, 3.05) is 6.54 Å². The maximum absolute atomic E-state index is 5.58. The molecule has 1 saturated carbocycles. The lowest BCUT2D eigenvalue weighted by Gasteiger charge is -2.35. The third-order valence-corrected chi connectivity index (χ3v) is 3.14. The summed E-state index contributed by atoms with van der Waals surface area (Å²) in [6.45, 7) is 7.29. The van der Waals surface area contributed by atoms with Crippen molar-refractivity contribution in [3.63, 3.8) is 0 Å². The summed E-state index contributed by atoms with van der Waals surface area (Å²) in [5.74, 6) is 6.43. The van der Waals surface area contributed by atoms with Gasteiger partial charge in [-0.3, -0.25) is 5.43 Å². The van der Waals surface area contributed by atoms with Gasteiger partial charge in [-0.1, -0.05) is 19.3 Å². The Bertz CT molecular complexity index is 219. The maximum atomic E-state index is 5.58. The summed E-state index contributed by atoms with van der Waals surface area (Å²) in [5, 5.41) is 0. The first-order chi connectivity index (χ1) is 7.69. The molecule has 0 aliphatic heterocycles. The zero-order valence-electron chi connectivity index (χ0n) is 10.9. The van der Waals surface area contributed by atoms with Gasteiger partial charge in [-0.15, -0.1) is 0 Å². The lowest BCUT2D eigenvalue weighted by Crippen LogP contribution is -2.50. The summed E-state index contributed by atoms with van der Waals surface area (Å²) < 4.78 is 0. The topological polar surface area (TPSA) is 53.6 Å². The second kappa shape index (κ2) is 6.74. The van der Waals surface area contributed by atoms with Gasteiger partial charge in [0.15, 0.2) is 0 Å². The quantitative estimate of drug-likeness (QED) is 0.334. The Morgan fingerprint density at radius 1 is 1.38 bits per heavy atom. The Labute approximate surface area is 99.3 Å². The SMILES string of the molecule is CCN(C(=NC(C)C)NN)C1CCCCC1. The van der Waals surface area contributed by atoms with Crippen LogP contribution in [-0.4, -0.2) is 29.5 Å². The molecule has 0 aromatic heterocycles. The van der Waals surface area contributed by atoms with E-state index in [1.165, 1.54) is 32.1 Å². The van der Waals surface area contributed by atoms with Crippen LogP contribution in [-0.2, 0) is 0 Å². The average molecular weight is 226 g/mol. The molecule has 0 radical (unpaired) electrons. The number of hydrazine groups is 1. The second-order valence-electron chi connectivity index (χ2n) is 4.77. The highest BCUT2D eigenvalue weighted by Gasteiger charge is 2.22. The lowest BCUT2D eigenvalue weighted by atomic mass is 9.94. The summed E-state index contributed by atoms with van der Waals surface area (Å²) in [6, 6.07) is 0.899. The Balaban J connectivity index is 2.69. The van der Waals surface area contributed by atoms with Crippen LogP contribution < -0.4 is 11.3 Å². The summed E-state index contributed by atoms with van der Waals surface area (Å²) in [7, 11) is 0. The number of hydrogen-bond donors (Lipinski definition) is 2. The van der Waals surface area contributed by atoms with Crippen molar-refractivity contribution >= 4 is 5.96 Å². The molecule has 0 aromatic rings. The van der Waals surface area contributed by atoms with Crippen LogP contribution in [0.15, 0.2) is 4.99 Å². The molecule has 3 N–H and O–H groups in total. The molecule has 0 saturated heterocycles. The number of guanidine groups is 1. The zero-order chi connectivity index (χ0) is 12.0. The summed E-state index contributed by atoms with van der Waals surface area (Å²) in [4.78, 5) is 6.87. The van der Waals surface area contributed by atoms with Crippen molar-refractivity contribution in [2.24, 2.45) is 10.8 Å². The normalized spacial score (nSPS) is 18.9. The Morgan fingerprint density at radius 3 is 2.44 bits per heavy atom. The zero-order valence-corrected chi connectivity index (χ0v) is 10.9. The van der Waals surface area contributed by atoms with Crippen LogP contribution in [0.3, 0.4) is 0 Å². The fraction of sp³-hybridized carbons (Fsp3) is 0.917. The van der Waals surface area contributed by atoms with E-state index in [0.717, 1.165) is 12.5 Å². The minimum Gasteiger partial charge on any atom is -0.339 e. The predicted octanol–water partition coefficient (Wildman–Crippen LogP) is 1.87. The molecular weight excluding hydrogens is 200 g/mol. The number of nitrogens with zero attached hydrogens (tertiary/aromatic N) is 2. The second-order valence-corrected chi connectivity index (χ2v) is 4.77. The first-order valence-corrected chi connectivity index (χ1v) is 6.50. The number of nitrogens with two attached hydrogens (primary N) is 1. The van der Waals surface area contributed by atoms with Gasteiger partial charge in [0.2, 0.25) is 5.96 Å². The van der Waals surface area contributed by atoms with Gasteiger partial charge >= 0.3 is 0 Å². The minimum atomic E-state index is 0.281. The highest BCUT2D eigenvalue weighted by atomic mass is 15.4. The smallest absolute Gasteiger partial charge is 0.208 e. The first kappa shape index (κ1) is 13.3. The average Bonchev–Trinajstić information content (AvgIpc) is 2.29. The van der Waals surface area contributed by atoms with Gasteiger partial charge in [0.1, 0.15) is 0 Å². The Hall–Kier alpha value is -0.770. The van der Waals surface area contributed by atoms with E-state index in [2.05, 4.69) is 36.1 Å². The molecule has 0 bridgehead atoms. The van der Waals surface area contributed by atoms with E-state index >= 15 is 0 Å². The van der Waals surface area contributed by atoms with Gasteiger partial charge in [0.25, 0.3) is 0 Å². The van der Waals surface area contributed by atoms with E-state index in [-0.39, 0.29) is 6.04 Å². The van der Waals surface area contributed by atoms with Crippen molar-refractivity contribution in [1.82, 2.24) is 10.3 Å². The Morgan fingerprint density at radius 2 is 2.00 bits per heavy atom. The molecule has 0 spiro atoms. The lowest BCUT2D eigenvalue weighted by molar-refractivity contribution is 0.244. The van der Waals surface area contributed by atoms with E-state index in [4.69, 9.17) is 5.84 Å². The van der Waals surface area contributed by atoms with Crippen LogP contribution in [0.4, 0.5) is 0 Å². The van der Waals surface area contributed by atoms with Crippen molar-refractivity contribution in [3.05, 3.63) is 0 Å². The molecule has 0 aromatic carbocycles. The van der Waals surface area contributed by atoms with Gasteiger partial charge in [-0.05, 0) is 33.6 Å². The molecule has 1 aliphatic carbocycles. The van der Waals surface area contributed by atoms with Crippen LogP contribution in [0.2, 0.25) is 0 Å². The molecule has 0 heterocycles. The van der Waals surface area contributed by atoms with Gasteiger partial charge in [-0.2, -0.15) is 0 Å². The standard InChI is InChI=1S/C12H26N4/c1-4-16(11-8-6-5-7-9-11)12(15-13)14-10(2)3/h10-11H,4-9,13H2,1-3H3,(H,14,15). The monoisotopic (exact) mass is 226 g/mol. The van der Waals surface area contributed by atoms with Gasteiger partial charge in [-0.25, -0.2) is 10.8 Å². The highest BCUT2D eigenvalue weighted by molar-refractivity contribution is 5.79. The van der Waals surface area contributed by atoms with Crippen LogP contribution in [0, 0.1) is 0 Å². The molecule has 4 heteroatoms. The van der Waals surface area contributed by atoms with Gasteiger partial charge < -0.3 is 4.90 Å². The van der Waals surface area contributed by atoms with Gasteiger partial charge in [0.05, 0.1) is 0 Å². The van der Waals surface area contributed by atoms with E-state index in [9.17, 15) is 0 Å². The number of aliphatic imine (C=N–C) groups is 1. The fourth-order valence-electron chi connectivity index (χ4n) is 2.41. The van der Waals surface area contributed by atoms with Crippen molar-refractivity contribution in [1.29, 1.82) is 0 Å². The number of nitrogens with one attached hydrogen (secondary N) is 1. The Kier molecular flexibility index (Phi) is 5.60. The molecule has 16 heavy (non-hydrogen) atoms. The van der Waals surface area contributed by atoms with Crippen molar-refractivity contribution in [3.8, 4) is 0 Å². The summed E-state index contributed by atoms with van der Waals surface area (Å²) >= 11 is 0. The summed E-state index contributed by atoms with van der Waals surface area (Å²) in [5.41, 5.74) is 2.76. The van der Waals surface area contributed by atoms with Crippen LogP contribution in [0.5, 0.6) is 0 Å². The number of hydrogen-bond acceptors (Lipinski definition) is 2. The van der Waals surface area contributed by atoms with Crippen LogP contribution >= 0.6 is 0 Å². The molecule has 4 nitrogen and oxygen atoms in total. The molecule has 0 atom stereocenters. The molecule has 0 unspecified atom stereocenters. The van der Waals surface area contributed by atoms with Gasteiger partial charge in [0, 0.05) is 18.6 Å². The number of rotatable bonds is 3. The predicted molar refractivity (Wildman–Crippen MR) is 69.1 cm³/mol. The largest absolute Gasteiger partial charge is 0.339 e. The third kappa shape index (κ3) is 3.67. The molecule has 1 rings (SSSR count). The molecule has 1 fully saturated rings. The highest BCUT2D eigenvalue weighted by Crippen LogP contribution is 2.22. The van der Waals surface area contributed by atoms with Crippen LogP contribution in [0.1, 0.15) is 52.9 Å². The molecule has 1 aliphatic rings. The summed E-state index contributed by atoms with van der Waals surface area (Å²) in [6.07, 6.45) is 6.58. The fourth-order valence-corrected chi connectivity index (χ4v) is 2.41. The first-order valence-electron chi connectivity index (χ1n) is 6.50. The van der Waals surface area contributed by atoms with E-state index in [0.29, 0.717) is 6.04 Å². The van der Waals surface area contributed by atoms with E-state index in [1.54, 1.807) is 0 Å². The van der Waals surface area contributed by atoms with Crippen LogP contribution in [0.25, 0.3) is 0 Å². The molecule has 94 valence electrons. The van der Waals surface area contributed by atoms with E-state index < -0.39 is 0 Å². The van der Waals surface area contributed by atoms with Crippen molar-refractivity contribution in [2.45, 2.75) is 65.0 Å². The molecule has 0 amide bonds. The van der Waals surface area contributed by atoms with Crippen molar-refractivity contribution < 1.29 is 0 Å². The van der Waals surface area contributed by atoms with E-state index in [1.807, 2.05) is 0 Å². The third-order valence-electron chi connectivity index (χ3n) is 3.14. The maximum Gasteiger partial charge on any atom is 0.208 e. The minimum absolute atomic E-state index is 0.281. The molecular formula is C12H26N4.